The second kappa shape index (κ2) is 4.89. The van der Waals surface area contributed by atoms with Crippen LogP contribution >= 0.6 is 11.6 Å². The van der Waals surface area contributed by atoms with Crippen molar-refractivity contribution in [2.75, 3.05) is 0 Å². The lowest BCUT2D eigenvalue weighted by Gasteiger charge is -2.13. The van der Waals surface area contributed by atoms with Gasteiger partial charge >= 0.3 is 0 Å². The highest BCUT2D eigenvalue weighted by molar-refractivity contribution is 6.31. The van der Waals surface area contributed by atoms with Crippen LogP contribution in [-0.2, 0) is 13.6 Å². The van der Waals surface area contributed by atoms with Crippen LogP contribution in [0.1, 0.15) is 31.0 Å². The van der Waals surface area contributed by atoms with Crippen LogP contribution in [-0.4, -0.2) is 24.4 Å². The predicted molar refractivity (Wildman–Crippen MR) is 64.8 cm³/mol. The number of halogens is 1. The highest BCUT2D eigenvalue weighted by Crippen LogP contribution is 2.27. The monoisotopic (exact) mass is 254 g/mol. The average Bonchev–Trinajstić information content (AvgIpc) is 2.86. The molecule has 17 heavy (non-hydrogen) atoms. The van der Waals surface area contributed by atoms with E-state index in [1.165, 1.54) is 0 Å². The molecule has 0 fully saturated rings. The van der Waals surface area contributed by atoms with E-state index >= 15 is 0 Å². The summed E-state index contributed by atoms with van der Waals surface area (Å²) in [6, 6.07) is 0. The molecule has 0 amide bonds. The van der Waals surface area contributed by atoms with Crippen LogP contribution in [0.15, 0.2) is 18.6 Å². The zero-order valence-electron chi connectivity index (χ0n) is 9.84. The van der Waals surface area contributed by atoms with Crippen LogP contribution in [0, 0.1) is 0 Å². The Hall–Kier alpha value is -1.33. The molecule has 0 saturated heterocycles. The molecule has 0 aromatic carbocycles. The Bertz CT molecular complexity index is 505. The molecule has 0 spiro atoms. The summed E-state index contributed by atoms with van der Waals surface area (Å²) in [6.07, 6.45) is 5.06. The average molecular weight is 255 g/mol. The lowest BCUT2D eigenvalue weighted by molar-refractivity contribution is 0.194. The molecular formula is C11H15ClN4O. The number of aromatic nitrogens is 4. The van der Waals surface area contributed by atoms with Gasteiger partial charge in [-0.2, -0.15) is 5.10 Å². The first-order chi connectivity index (χ1) is 8.15. The van der Waals surface area contributed by atoms with Crippen LogP contribution in [0.3, 0.4) is 0 Å². The SMILES string of the molecule is CCCn1ncc(Cl)c1C(O)c1nccn1C. The predicted octanol–water partition coefficient (Wildman–Crippen LogP) is 1.76. The van der Waals surface area contributed by atoms with E-state index in [9.17, 15) is 5.11 Å². The standard InChI is InChI=1S/C11H15ClN4O/c1-3-5-16-9(8(12)7-14-16)10(17)11-13-4-6-15(11)2/h4,6-7,10,17H,3,5H2,1-2H3. The summed E-state index contributed by atoms with van der Waals surface area (Å²) in [7, 11) is 1.83. The maximum Gasteiger partial charge on any atom is 0.155 e. The van der Waals surface area contributed by atoms with Gasteiger partial charge in [0.15, 0.2) is 6.10 Å². The van der Waals surface area contributed by atoms with Gasteiger partial charge in [0.25, 0.3) is 0 Å². The van der Waals surface area contributed by atoms with Crippen LogP contribution in [0.25, 0.3) is 0 Å². The Morgan fingerprint density at radius 1 is 1.53 bits per heavy atom. The maximum atomic E-state index is 10.3. The molecule has 6 heteroatoms. The molecule has 0 radical (unpaired) electrons. The summed E-state index contributed by atoms with van der Waals surface area (Å²) in [5, 5.41) is 14.9. The van der Waals surface area contributed by atoms with Crippen LogP contribution < -0.4 is 0 Å². The Balaban J connectivity index is 2.39. The van der Waals surface area contributed by atoms with Gasteiger partial charge in [-0.3, -0.25) is 4.68 Å². The molecule has 2 heterocycles. The Kier molecular flexibility index (Phi) is 3.49. The molecule has 1 unspecified atom stereocenters. The minimum Gasteiger partial charge on any atom is -0.379 e. The van der Waals surface area contributed by atoms with Crippen molar-refractivity contribution in [3.63, 3.8) is 0 Å². The van der Waals surface area contributed by atoms with E-state index in [4.69, 9.17) is 11.6 Å². The smallest absolute Gasteiger partial charge is 0.155 e. The van der Waals surface area contributed by atoms with Crippen LogP contribution in [0.4, 0.5) is 0 Å². The van der Waals surface area contributed by atoms with Gasteiger partial charge in [0.05, 0.1) is 16.9 Å². The van der Waals surface area contributed by atoms with Crippen molar-refractivity contribution >= 4 is 11.6 Å². The number of hydrogen-bond acceptors (Lipinski definition) is 3. The van der Waals surface area contributed by atoms with Crippen molar-refractivity contribution in [1.29, 1.82) is 0 Å². The van der Waals surface area contributed by atoms with Crippen molar-refractivity contribution in [2.24, 2.45) is 7.05 Å². The molecule has 0 aliphatic rings. The second-order valence-corrected chi connectivity index (χ2v) is 4.31. The topological polar surface area (TPSA) is 55.9 Å². The lowest BCUT2D eigenvalue weighted by Crippen LogP contribution is -2.13. The van der Waals surface area contributed by atoms with Gasteiger partial charge in [0, 0.05) is 26.0 Å². The Labute approximate surface area is 105 Å². The Morgan fingerprint density at radius 2 is 2.29 bits per heavy atom. The fourth-order valence-electron chi connectivity index (χ4n) is 1.80. The normalized spacial score (nSPS) is 12.9. The van der Waals surface area contributed by atoms with E-state index in [0.717, 1.165) is 13.0 Å². The fraction of sp³-hybridized carbons (Fsp3) is 0.455. The summed E-state index contributed by atoms with van der Waals surface area (Å²) in [6.45, 7) is 2.77. The highest BCUT2D eigenvalue weighted by Gasteiger charge is 2.22. The van der Waals surface area contributed by atoms with Crippen molar-refractivity contribution in [2.45, 2.75) is 26.0 Å². The first kappa shape index (κ1) is 12.1. The molecule has 0 aliphatic carbocycles. The molecule has 1 N–H and O–H groups in total. The summed E-state index contributed by atoms with van der Waals surface area (Å²) in [4.78, 5) is 4.13. The molecule has 92 valence electrons. The number of rotatable bonds is 4. The van der Waals surface area contributed by atoms with Gasteiger partial charge in [-0.05, 0) is 6.42 Å². The van der Waals surface area contributed by atoms with E-state index in [0.29, 0.717) is 16.5 Å². The summed E-state index contributed by atoms with van der Waals surface area (Å²) < 4.78 is 3.49. The van der Waals surface area contributed by atoms with Gasteiger partial charge in [-0.25, -0.2) is 4.98 Å². The van der Waals surface area contributed by atoms with E-state index in [-0.39, 0.29) is 0 Å². The van der Waals surface area contributed by atoms with Crippen molar-refractivity contribution < 1.29 is 5.11 Å². The maximum absolute atomic E-state index is 10.3. The van der Waals surface area contributed by atoms with Crippen molar-refractivity contribution in [1.82, 2.24) is 19.3 Å². The van der Waals surface area contributed by atoms with Gasteiger partial charge < -0.3 is 9.67 Å². The number of aryl methyl sites for hydroxylation is 2. The van der Waals surface area contributed by atoms with E-state index in [1.807, 2.05) is 14.0 Å². The molecule has 5 nitrogen and oxygen atoms in total. The fourth-order valence-corrected chi connectivity index (χ4v) is 2.04. The first-order valence-electron chi connectivity index (χ1n) is 5.51. The number of aliphatic hydroxyl groups excluding tert-OH is 1. The van der Waals surface area contributed by atoms with Crippen molar-refractivity contribution in [3.8, 4) is 0 Å². The number of nitrogens with zero attached hydrogens (tertiary/aromatic N) is 4. The molecule has 2 aromatic rings. The summed E-state index contributed by atoms with van der Waals surface area (Å²) >= 11 is 6.06. The van der Waals surface area contributed by atoms with E-state index in [1.54, 1.807) is 27.8 Å². The second-order valence-electron chi connectivity index (χ2n) is 3.90. The van der Waals surface area contributed by atoms with Gasteiger partial charge in [-0.15, -0.1) is 0 Å². The van der Waals surface area contributed by atoms with E-state index in [2.05, 4.69) is 10.1 Å². The zero-order valence-corrected chi connectivity index (χ0v) is 10.6. The summed E-state index contributed by atoms with van der Waals surface area (Å²) in [5.41, 5.74) is 0.600. The lowest BCUT2D eigenvalue weighted by atomic mass is 10.2. The third-order valence-electron chi connectivity index (χ3n) is 2.63. The quantitative estimate of drug-likeness (QED) is 0.905. The molecule has 1 atom stereocenters. The van der Waals surface area contributed by atoms with Gasteiger partial charge in [0.2, 0.25) is 0 Å². The first-order valence-corrected chi connectivity index (χ1v) is 5.89. The molecule has 0 bridgehead atoms. The van der Waals surface area contributed by atoms with Gasteiger partial charge in [0.1, 0.15) is 5.82 Å². The third kappa shape index (κ3) is 2.21. The number of hydrogen-bond donors (Lipinski definition) is 1. The minimum absolute atomic E-state index is 0.467. The number of aliphatic hydroxyl groups is 1. The van der Waals surface area contributed by atoms with Gasteiger partial charge in [-0.1, -0.05) is 18.5 Å². The van der Waals surface area contributed by atoms with E-state index < -0.39 is 6.10 Å². The minimum atomic E-state index is -0.850. The molecule has 0 aliphatic heterocycles. The molecule has 0 saturated carbocycles. The highest BCUT2D eigenvalue weighted by atomic mass is 35.5. The molecular weight excluding hydrogens is 240 g/mol. The Morgan fingerprint density at radius 3 is 2.88 bits per heavy atom. The van der Waals surface area contributed by atoms with Crippen LogP contribution in [0.5, 0.6) is 0 Å². The van der Waals surface area contributed by atoms with Crippen molar-refractivity contribution in [3.05, 3.63) is 35.1 Å². The zero-order chi connectivity index (χ0) is 12.4. The third-order valence-corrected chi connectivity index (χ3v) is 2.92. The molecule has 2 aromatic heterocycles. The largest absolute Gasteiger partial charge is 0.379 e. The summed E-state index contributed by atoms with van der Waals surface area (Å²) in [5.74, 6) is 0.560. The van der Waals surface area contributed by atoms with Crippen LogP contribution in [0.2, 0.25) is 5.02 Å². The number of imidazole rings is 1. The molecule has 2 rings (SSSR count).